The van der Waals surface area contributed by atoms with Crippen molar-refractivity contribution in [3.63, 3.8) is 0 Å². The zero-order valence-corrected chi connectivity index (χ0v) is 13.3. The molecule has 22 heavy (non-hydrogen) atoms. The second-order valence-electron chi connectivity index (χ2n) is 5.14. The van der Waals surface area contributed by atoms with Gasteiger partial charge >= 0.3 is 0 Å². The van der Waals surface area contributed by atoms with Gasteiger partial charge in [0.15, 0.2) is 5.78 Å². The number of carbonyl (C=O) groups is 1. The van der Waals surface area contributed by atoms with Gasteiger partial charge in [-0.1, -0.05) is 17.7 Å². The number of ketones is 1. The lowest BCUT2D eigenvalue weighted by Gasteiger charge is -2.20. The van der Waals surface area contributed by atoms with E-state index in [1.807, 2.05) is 17.5 Å². The Kier molecular flexibility index (Phi) is 4.41. The molecule has 1 aromatic heterocycles. The predicted molar refractivity (Wildman–Crippen MR) is 90.6 cm³/mol. The fraction of sp³-hybridized carbons (Fsp3) is 0.176. The van der Waals surface area contributed by atoms with Crippen LogP contribution < -0.4 is 0 Å². The molecule has 1 aromatic carbocycles. The molecule has 1 aliphatic rings. The average Bonchev–Trinajstić information content (AvgIpc) is 3.02. The molecule has 0 amide bonds. The number of thiophene rings is 1. The third-order valence-corrected chi connectivity index (χ3v) is 4.88. The van der Waals surface area contributed by atoms with Gasteiger partial charge in [0.1, 0.15) is 5.76 Å². The molecular formula is C17H14ClNO2S. The molecule has 0 fully saturated rings. The van der Waals surface area contributed by atoms with Crippen molar-refractivity contribution < 1.29 is 9.90 Å². The van der Waals surface area contributed by atoms with Crippen LogP contribution in [0, 0.1) is 0 Å². The summed E-state index contributed by atoms with van der Waals surface area (Å²) in [5.41, 5.74) is 1.00. The molecule has 1 unspecified atom stereocenters. The fourth-order valence-electron chi connectivity index (χ4n) is 2.45. The lowest BCUT2D eigenvalue weighted by atomic mass is 9.86. The Morgan fingerprint density at radius 3 is 2.64 bits per heavy atom. The summed E-state index contributed by atoms with van der Waals surface area (Å²) in [4.78, 5) is 17.6. The van der Waals surface area contributed by atoms with E-state index in [9.17, 15) is 9.90 Å². The van der Waals surface area contributed by atoms with Crippen LogP contribution in [0.4, 0.5) is 5.69 Å². The van der Waals surface area contributed by atoms with Crippen molar-refractivity contribution in [1.29, 1.82) is 0 Å². The second kappa shape index (κ2) is 6.46. The maximum Gasteiger partial charge on any atom is 0.168 e. The van der Waals surface area contributed by atoms with Crippen molar-refractivity contribution in [3.05, 3.63) is 63.0 Å². The Hall–Kier alpha value is -1.91. The van der Waals surface area contributed by atoms with E-state index >= 15 is 0 Å². The Balaban J connectivity index is 1.80. The minimum Gasteiger partial charge on any atom is -0.511 e. The summed E-state index contributed by atoms with van der Waals surface area (Å²) in [7, 11) is 0. The molecule has 0 radical (unpaired) electrons. The van der Waals surface area contributed by atoms with Crippen LogP contribution in [0.2, 0.25) is 5.02 Å². The molecule has 1 atom stereocenters. The largest absolute Gasteiger partial charge is 0.511 e. The lowest BCUT2D eigenvalue weighted by molar-refractivity contribution is -0.116. The summed E-state index contributed by atoms with van der Waals surface area (Å²) in [5, 5.41) is 12.8. The first kappa shape index (κ1) is 15.0. The number of benzene rings is 1. The highest BCUT2D eigenvalue weighted by Crippen LogP contribution is 2.35. The topological polar surface area (TPSA) is 49.7 Å². The van der Waals surface area contributed by atoms with Crippen molar-refractivity contribution in [2.45, 2.75) is 18.8 Å². The smallest absolute Gasteiger partial charge is 0.168 e. The quantitative estimate of drug-likeness (QED) is 0.799. The van der Waals surface area contributed by atoms with Crippen molar-refractivity contribution in [2.24, 2.45) is 4.99 Å². The molecule has 3 rings (SSSR count). The highest BCUT2D eigenvalue weighted by molar-refractivity contribution is 7.10. The van der Waals surface area contributed by atoms with Gasteiger partial charge in [-0.25, -0.2) is 0 Å². The van der Waals surface area contributed by atoms with Gasteiger partial charge in [0.05, 0.1) is 11.3 Å². The number of hydrogen-bond donors (Lipinski definition) is 1. The van der Waals surface area contributed by atoms with Gasteiger partial charge in [0.2, 0.25) is 0 Å². The van der Waals surface area contributed by atoms with Crippen LogP contribution in [-0.2, 0) is 4.79 Å². The van der Waals surface area contributed by atoms with E-state index in [0.29, 0.717) is 29.1 Å². The maximum atomic E-state index is 12.3. The molecule has 2 aromatic rings. The van der Waals surface area contributed by atoms with Gasteiger partial charge < -0.3 is 5.11 Å². The zero-order valence-electron chi connectivity index (χ0n) is 11.7. The van der Waals surface area contributed by atoms with Gasteiger partial charge in [0.25, 0.3) is 0 Å². The number of Topliss-reactive ketones (excluding diaryl/α,β-unsaturated/α-hetero) is 1. The monoisotopic (exact) mass is 331 g/mol. The van der Waals surface area contributed by atoms with Gasteiger partial charge in [-0.3, -0.25) is 9.79 Å². The Labute approximate surface area is 137 Å². The first-order valence-electron chi connectivity index (χ1n) is 6.92. The summed E-state index contributed by atoms with van der Waals surface area (Å²) in [6, 6.07) is 11.0. The number of rotatable bonds is 3. The van der Waals surface area contributed by atoms with Crippen molar-refractivity contribution in [1.82, 2.24) is 0 Å². The molecule has 0 bridgehead atoms. The molecule has 112 valence electrons. The molecule has 0 spiro atoms. The Morgan fingerprint density at radius 2 is 2.00 bits per heavy atom. The predicted octanol–water partition coefficient (Wildman–Crippen LogP) is 5.06. The molecule has 1 aliphatic carbocycles. The summed E-state index contributed by atoms with van der Waals surface area (Å²) >= 11 is 7.43. The van der Waals surface area contributed by atoms with Crippen molar-refractivity contribution in [3.8, 4) is 0 Å². The zero-order chi connectivity index (χ0) is 15.5. The van der Waals surface area contributed by atoms with Crippen LogP contribution in [0.15, 0.2) is 58.1 Å². The molecule has 5 heteroatoms. The van der Waals surface area contributed by atoms with Crippen LogP contribution in [0.1, 0.15) is 23.6 Å². The highest BCUT2D eigenvalue weighted by atomic mass is 35.5. The number of halogens is 1. The number of aliphatic hydroxyl groups excluding tert-OH is 1. The van der Waals surface area contributed by atoms with Gasteiger partial charge in [-0.15, -0.1) is 11.3 Å². The van der Waals surface area contributed by atoms with E-state index in [-0.39, 0.29) is 17.5 Å². The highest BCUT2D eigenvalue weighted by Gasteiger charge is 2.28. The number of allylic oxidation sites excluding steroid dienone is 2. The van der Waals surface area contributed by atoms with Crippen LogP contribution >= 0.6 is 22.9 Å². The van der Waals surface area contributed by atoms with Crippen LogP contribution in [0.25, 0.3) is 0 Å². The van der Waals surface area contributed by atoms with Crippen LogP contribution in [0.3, 0.4) is 0 Å². The minimum atomic E-state index is -0.0696. The molecule has 0 saturated heterocycles. The number of carbonyl (C=O) groups excluding carboxylic acids is 1. The van der Waals surface area contributed by atoms with Crippen LogP contribution in [0.5, 0.6) is 0 Å². The van der Waals surface area contributed by atoms with Gasteiger partial charge in [-0.2, -0.15) is 0 Å². The third-order valence-electron chi connectivity index (χ3n) is 3.60. The maximum absolute atomic E-state index is 12.3. The standard InChI is InChI=1S/C17H14ClNO2S/c18-12-3-5-13(6-4-12)19-10-14-15(20)8-11(9-16(14)21)17-2-1-7-22-17/h1-7,10-11,20H,8-9H2. The Morgan fingerprint density at radius 1 is 1.23 bits per heavy atom. The summed E-state index contributed by atoms with van der Waals surface area (Å²) in [5.74, 6) is 0.118. The Bertz CT molecular complexity index is 733. The van der Waals surface area contributed by atoms with E-state index < -0.39 is 0 Å². The molecular weight excluding hydrogens is 318 g/mol. The van der Waals surface area contributed by atoms with E-state index in [1.54, 1.807) is 35.6 Å². The minimum absolute atomic E-state index is 0.0696. The number of nitrogens with zero attached hydrogens (tertiary/aromatic N) is 1. The average molecular weight is 332 g/mol. The number of hydrogen-bond acceptors (Lipinski definition) is 4. The van der Waals surface area contributed by atoms with E-state index in [0.717, 1.165) is 4.88 Å². The fourth-order valence-corrected chi connectivity index (χ4v) is 3.40. The normalized spacial score (nSPS) is 19.1. The first-order valence-corrected chi connectivity index (χ1v) is 8.17. The van der Waals surface area contributed by atoms with Crippen molar-refractivity contribution >= 4 is 40.6 Å². The third kappa shape index (κ3) is 3.29. The van der Waals surface area contributed by atoms with E-state index in [1.165, 1.54) is 6.21 Å². The van der Waals surface area contributed by atoms with Crippen molar-refractivity contribution in [2.75, 3.05) is 0 Å². The molecule has 0 aliphatic heterocycles. The van der Waals surface area contributed by atoms with Crippen LogP contribution in [-0.4, -0.2) is 17.1 Å². The summed E-state index contributed by atoms with van der Waals surface area (Å²) < 4.78 is 0. The van der Waals surface area contributed by atoms with E-state index in [2.05, 4.69) is 4.99 Å². The number of aliphatic imine (C=N–C) groups is 1. The summed E-state index contributed by atoms with van der Waals surface area (Å²) in [6.45, 7) is 0. The summed E-state index contributed by atoms with van der Waals surface area (Å²) in [6.07, 6.45) is 2.34. The first-order chi connectivity index (χ1) is 10.6. The van der Waals surface area contributed by atoms with Gasteiger partial charge in [-0.05, 0) is 35.7 Å². The second-order valence-corrected chi connectivity index (χ2v) is 6.55. The number of aliphatic hydroxyl groups is 1. The molecule has 1 N–H and O–H groups in total. The molecule has 3 nitrogen and oxygen atoms in total. The molecule has 1 heterocycles. The molecule has 0 saturated carbocycles. The van der Waals surface area contributed by atoms with Gasteiger partial charge in [0, 0.05) is 34.9 Å². The van der Waals surface area contributed by atoms with E-state index in [4.69, 9.17) is 11.6 Å². The SMILES string of the molecule is O=C1CC(c2cccs2)CC(O)=C1C=Nc1ccc(Cl)cc1. The lowest BCUT2D eigenvalue weighted by Crippen LogP contribution is -2.18.